The molecular weight excluding hydrogens is 226 g/mol. The summed E-state index contributed by atoms with van der Waals surface area (Å²) in [7, 11) is 0. The van der Waals surface area contributed by atoms with Gasteiger partial charge in [0.15, 0.2) is 0 Å². The van der Waals surface area contributed by atoms with Gasteiger partial charge in [-0.15, -0.1) is 0 Å². The molecule has 1 atom stereocenters. The van der Waals surface area contributed by atoms with Gasteiger partial charge in [0.1, 0.15) is 11.8 Å². The number of nitrogens with two attached hydrogens (primary N) is 1. The molecule has 0 fully saturated rings. The van der Waals surface area contributed by atoms with Crippen molar-refractivity contribution in [2.75, 3.05) is 0 Å². The number of para-hydroxylation sites is 1. The number of hydrogen-bond donors (Lipinski definition) is 1. The predicted molar refractivity (Wildman–Crippen MR) is 68.1 cm³/mol. The fraction of sp³-hybridized carbons (Fsp3) is 0.143. The highest BCUT2D eigenvalue weighted by molar-refractivity contribution is 5.45. The van der Waals surface area contributed by atoms with E-state index in [1.807, 2.05) is 25.1 Å². The van der Waals surface area contributed by atoms with Crippen molar-refractivity contribution in [1.29, 1.82) is 5.26 Å². The molecule has 0 saturated carbocycles. The summed E-state index contributed by atoms with van der Waals surface area (Å²) in [5, 5.41) is 9.00. The Morgan fingerprint density at radius 2 is 2.06 bits per heavy atom. The number of ether oxygens (including phenoxy) is 1. The number of aromatic nitrogens is 1. The van der Waals surface area contributed by atoms with E-state index in [0.717, 1.165) is 5.56 Å². The van der Waals surface area contributed by atoms with Crippen molar-refractivity contribution >= 4 is 0 Å². The van der Waals surface area contributed by atoms with E-state index in [-0.39, 0.29) is 6.04 Å². The molecular formula is C14H13N3O. The summed E-state index contributed by atoms with van der Waals surface area (Å²) in [6.45, 7) is 1.86. The molecule has 90 valence electrons. The van der Waals surface area contributed by atoms with Crippen LogP contribution in [0, 0.1) is 11.3 Å². The number of hydrogen-bond acceptors (Lipinski definition) is 4. The van der Waals surface area contributed by atoms with E-state index in [1.165, 1.54) is 0 Å². The first-order chi connectivity index (χ1) is 8.72. The van der Waals surface area contributed by atoms with E-state index in [4.69, 9.17) is 15.7 Å². The van der Waals surface area contributed by atoms with Gasteiger partial charge in [-0.05, 0) is 25.1 Å². The van der Waals surface area contributed by atoms with Crippen LogP contribution >= 0.6 is 0 Å². The Labute approximate surface area is 106 Å². The third-order valence-electron chi connectivity index (χ3n) is 2.51. The van der Waals surface area contributed by atoms with Gasteiger partial charge in [-0.25, -0.2) is 4.98 Å². The molecule has 1 heterocycles. The lowest BCUT2D eigenvalue weighted by atomic mass is 10.1. The molecule has 0 bridgehead atoms. The topological polar surface area (TPSA) is 71.9 Å². The van der Waals surface area contributed by atoms with Crippen molar-refractivity contribution in [1.82, 2.24) is 4.98 Å². The van der Waals surface area contributed by atoms with Gasteiger partial charge < -0.3 is 10.5 Å². The van der Waals surface area contributed by atoms with Gasteiger partial charge in [-0.1, -0.05) is 18.2 Å². The fourth-order valence-electron chi connectivity index (χ4n) is 1.59. The maximum Gasteiger partial charge on any atom is 0.224 e. The zero-order valence-electron chi connectivity index (χ0n) is 10.00. The van der Waals surface area contributed by atoms with E-state index in [9.17, 15) is 0 Å². The highest BCUT2D eigenvalue weighted by Crippen LogP contribution is 2.28. The van der Waals surface area contributed by atoms with Crippen molar-refractivity contribution in [3.63, 3.8) is 0 Å². The van der Waals surface area contributed by atoms with Crippen LogP contribution in [-0.4, -0.2) is 4.98 Å². The van der Waals surface area contributed by atoms with Gasteiger partial charge in [0.05, 0.1) is 5.56 Å². The molecule has 0 aliphatic carbocycles. The average Bonchev–Trinajstić information content (AvgIpc) is 2.40. The highest BCUT2D eigenvalue weighted by atomic mass is 16.5. The number of nitriles is 1. The van der Waals surface area contributed by atoms with Crippen LogP contribution < -0.4 is 10.5 Å². The SMILES string of the molecule is CC(N)c1cccnc1Oc1ccccc1C#N. The molecule has 18 heavy (non-hydrogen) atoms. The van der Waals surface area contributed by atoms with Crippen LogP contribution in [0.25, 0.3) is 0 Å². The standard InChI is InChI=1S/C14H13N3O/c1-10(16)12-6-4-8-17-14(12)18-13-7-3-2-5-11(13)9-15/h2-8,10H,16H2,1H3. The Kier molecular flexibility index (Phi) is 3.56. The number of rotatable bonds is 3. The Bertz CT molecular complexity index is 588. The first-order valence-corrected chi connectivity index (χ1v) is 5.60. The monoisotopic (exact) mass is 239 g/mol. The maximum atomic E-state index is 9.00. The first kappa shape index (κ1) is 12.1. The summed E-state index contributed by atoms with van der Waals surface area (Å²) >= 11 is 0. The fourth-order valence-corrected chi connectivity index (χ4v) is 1.59. The molecule has 2 N–H and O–H groups in total. The average molecular weight is 239 g/mol. The lowest BCUT2D eigenvalue weighted by Gasteiger charge is -2.12. The lowest BCUT2D eigenvalue weighted by Crippen LogP contribution is -2.07. The summed E-state index contributed by atoms with van der Waals surface area (Å²) in [4.78, 5) is 4.16. The minimum atomic E-state index is -0.178. The summed E-state index contributed by atoms with van der Waals surface area (Å²) in [6.07, 6.45) is 1.64. The van der Waals surface area contributed by atoms with Crippen molar-refractivity contribution in [3.05, 3.63) is 53.7 Å². The van der Waals surface area contributed by atoms with Crippen LogP contribution in [-0.2, 0) is 0 Å². The van der Waals surface area contributed by atoms with E-state index in [2.05, 4.69) is 11.1 Å². The van der Waals surface area contributed by atoms with Gasteiger partial charge in [0.25, 0.3) is 0 Å². The normalized spacial score (nSPS) is 11.6. The van der Waals surface area contributed by atoms with Gasteiger partial charge in [0, 0.05) is 17.8 Å². The summed E-state index contributed by atoms with van der Waals surface area (Å²) in [5.41, 5.74) is 7.14. The van der Waals surface area contributed by atoms with E-state index in [0.29, 0.717) is 17.2 Å². The van der Waals surface area contributed by atoms with Crippen LogP contribution in [0.3, 0.4) is 0 Å². The summed E-state index contributed by atoms with van der Waals surface area (Å²) in [6, 6.07) is 12.6. The lowest BCUT2D eigenvalue weighted by molar-refractivity contribution is 0.450. The zero-order valence-corrected chi connectivity index (χ0v) is 10.00. The summed E-state index contributed by atoms with van der Waals surface area (Å²) < 4.78 is 5.68. The molecule has 4 heteroatoms. The minimum absolute atomic E-state index is 0.178. The van der Waals surface area contributed by atoms with Crippen LogP contribution in [0.15, 0.2) is 42.6 Å². The summed E-state index contributed by atoms with van der Waals surface area (Å²) in [5.74, 6) is 0.927. The third-order valence-corrected chi connectivity index (χ3v) is 2.51. The van der Waals surface area contributed by atoms with Crippen LogP contribution in [0.4, 0.5) is 0 Å². The second-order valence-corrected chi connectivity index (χ2v) is 3.90. The van der Waals surface area contributed by atoms with Gasteiger partial charge in [0.2, 0.25) is 5.88 Å². The second kappa shape index (κ2) is 5.30. The van der Waals surface area contributed by atoms with Crippen molar-refractivity contribution < 1.29 is 4.74 Å². The smallest absolute Gasteiger partial charge is 0.224 e. The third kappa shape index (κ3) is 2.47. The number of benzene rings is 1. The van der Waals surface area contributed by atoms with Crippen molar-refractivity contribution in [2.24, 2.45) is 5.73 Å². The largest absolute Gasteiger partial charge is 0.437 e. The predicted octanol–water partition coefficient (Wildman–Crippen LogP) is 2.77. The molecule has 0 spiro atoms. The van der Waals surface area contributed by atoms with Gasteiger partial charge >= 0.3 is 0 Å². The Hall–Kier alpha value is -2.38. The quantitative estimate of drug-likeness (QED) is 0.893. The van der Waals surface area contributed by atoms with Crippen LogP contribution in [0.1, 0.15) is 24.1 Å². The number of pyridine rings is 1. The first-order valence-electron chi connectivity index (χ1n) is 5.60. The minimum Gasteiger partial charge on any atom is -0.437 e. The molecule has 2 aromatic rings. The molecule has 4 nitrogen and oxygen atoms in total. The highest BCUT2D eigenvalue weighted by Gasteiger charge is 2.11. The second-order valence-electron chi connectivity index (χ2n) is 3.90. The molecule has 0 radical (unpaired) electrons. The number of nitrogens with zero attached hydrogens (tertiary/aromatic N) is 2. The van der Waals surface area contributed by atoms with Crippen LogP contribution in [0.2, 0.25) is 0 Å². The molecule has 0 aliphatic heterocycles. The van der Waals surface area contributed by atoms with Gasteiger partial charge in [-0.2, -0.15) is 5.26 Å². The zero-order chi connectivity index (χ0) is 13.0. The maximum absolute atomic E-state index is 9.00. The van der Waals surface area contributed by atoms with Crippen molar-refractivity contribution in [3.8, 4) is 17.7 Å². The molecule has 0 aliphatic rings. The molecule has 2 rings (SSSR count). The Morgan fingerprint density at radius 3 is 2.78 bits per heavy atom. The molecule has 0 saturated heterocycles. The van der Waals surface area contributed by atoms with E-state index >= 15 is 0 Å². The Balaban J connectivity index is 2.38. The van der Waals surface area contributed by atoms with Crippen molar-refractivity contribution in [2.45, 2.75) is 13.0 Å². The molecule has 1 aromatic heterocycles. The molecule has 0 amide bonds. The molecule has 1 aromatic carbocycles. The van der Waals surface area contributed by atoms with Crippen LogP contribution in [0.5, 0.6) is 11.6 Å². The van der Waals surface area contributed by atoms with E-state index in [1.54, 1.807) is 24.4 Å². The Morgan fingerprint density at radius 1 is 1.28 bits per heavy atom. The van der Waals surface area contributed by atoms with E-state index < -0.39 is 0 Å². The molecule has 1 unspecified atom stereocenters. The van der Waals surface area contributed by atoms with Gasteiger partial charge in [-0.3, -0.25) is 0 Å².